The Hall–Kier alpha value is -1.38. The molecule has 1 amide bonds. The number of aliphatic hydroxyl groups excluding tert-OH is 1. The highest BCUT2D eigenvalue weighted by Crippen LogP contribution is 2.25. The minimum Gasteiger partial charge on any atom is -0.396 e. The van der Waals surface area contributed by atoms with Crippen LogP contribution in [-0.2, 0) is 4.74 Å². The van der Waals surface area contributed by atoms with Crippen LogP contribution in [0.25, 0.3) is 0 Å². The molecule has 0 saturated carbocycles. The molecule has 0 spiro atoms. The summed E-state index contributed by atoms with van der Waals surface area (Å²) in [4.78, 5) is 16.8. The number of nitrogens with one attached hydrogen (secondary N) is 2. The van der Waals surface area contributed by atoms with Gasteiger partial charge in [0.1, 0.15) is 10.7 Å². The molecule has 0 aliphatic carbocycles. The Labute approximate surface area is 128 Å². The average Bonchev–Trinajstić information content (AvgIpc) is 2.79. The number of nitrogens with zero attached hydrogens (tertiary/aromatic N) is 1. The number of hydrogen-bond donors (Lipinski definition) is 4. The smallest absolute Gasteiger partial charge is 0.265 e. The molecule has 1 aromatic heterocycles. The van der Waals surface area contributed by atoms with Crippen molar-refractivity contribution >= 4 is 28.2 Å². The normalized spacial score (nSPS) is 12.4. The summed E-state index contributed by atoms with van der Waals surface area (Å²) < 4.78 is 4.93. The van der Waals surface area contributed by atoms with Crippen LogP contribution in [0.15, 0.2) is 0 Å². The number of nitrogen functional groups attached to an aromatic ring is 1. The summed E-state index contributed by atoms with van der Waals surface area (Å²) in [6.07, 6.45) is 0.515. The fourth-order valence-corrected chi connectivity index (χ4v) is 2.59. The first kappa shape index (κ1) is 17.7. The lowest BCUT2D eigenvalue weighted by molar-refractivity contribution is 0.0921. The van der Waals surface area contributed by atoms with Crippen LogP contribution in [0.2, 0.25) is 0 Å². The van der Waals surface area contributed by atoms with Gasteiger partial charge in [-0.1, -0.05) is 25.2 Å². The second-order valence-electron chi connectivity index (χ2n) is 4.99. The number of aliphatic hydroxyl groups is 1. The minimum absolute atomic E-state index is 0.0329. The average molecular weight is 316 g/mol. The number of thiazole rings is 1. The number of carbonyl (C=O) groups is 1. The van der Waals surface area contributed by atoms with Crippen molar-refractivity contribution in [1.29, 1.82) is 0 Å². The summed E-state index contributed by atoms with van der Waals surface area (Å²) >= 11 is 1.21. The highest BCUT2D eigenvalue weighted by atomic mass is 32.1. The maximum Gasteiger partial charge on any atom is 0.265 e. The van der Waals surface area contributed by atoms with Crippen LogP contribution in [0.1, 0.15) is 29.9 Å². The van der Waals surface area contributed by atoms with E-state index >= 15 is 0 Å². The van der Waals surface area contributed by atoms with Gasteiger partial charge in [0, 0.05) is 26.3 Å². The van der Waals surface area contributed by atoms with Gasteiger partial charge in [0.25, 0.3) is 5.91 Å². The molecule has 120 valence electrons. The van der Waals surface area contributed by atoms with E-state index < -0.39 is 0 Å². The van der Waals surface area contributed by atoms with Crippen LogP contribution < -0.4 is 16.4 Å². The number of anilines is 2. The molecule has 0 fully saturated rings. The number of methoxy groups -OCH3 is 1. The molecular formula is C13H24N4O3S. The number of carbonyl (C=O) groups excluding carboxylic acids is 1. The lowest BCUT2D eigenvalue weighted by Gasteiger charge is -2.21. The van der Waals surface area contributed by atoms with Crippen molar-refractivity contribution in [2.45, 2.75) is 26.3 Å². The zero-order valence-electron chi connectivity index (χ0n) is 12.7. The van der Waals surface area contributed by atoms with Crippen molar-refractivity contribution in [3.8, 4) is 0 Å². The van der Waals surface area contributed by atoms with Gasteiger partial charge in [-0.15, -0.1) is 0 Å². The second kappa shape index (κ2) is 8.81. The lowest BCUT2D eigenvalue weighted by Crippen LogP contribution is -2.39. The first-order valence-electron chi connectivity index (χ1n) is 6.90. The first-order valence-corrected chi connectivity index (χ1v) is 7.72. The quantitative estimate of drug-likeness (QED) is 0.504. The molecule has 0 aliphatic heterocycles. The van der Waals surface area contributed by atoms with Gasteiger partial charge < -0.3 is 26.2 Å². The number of aromatic nitrogens is 1. The van der Waals surface area contributed by atoms with Crippen LogP contribution in [-0.4, -0.2) is 48.9 Å². The maximum atomic E-state index is 12.2. The zero-order chi connectivity index (χ0) is 15.8. The van der Waals surface area contributed by atoms with E-state index in [-0.39, 0.29) is 30.3 Å². The largest absolute Gasteiger partial charge is 0.396 e. The topological polar surface area (TPSA) is 110 Å². The van der Waals surface area contributed by atoms with Crippen molar-refractivity contribution in [3.05, 3.63) is 4.88 Å². The predicted octanol–water partition coefficient (Wildman–Crippen LogP) is 0.920. The summed E-state index contributed by atoms with van der Waals surface area (Å²) in [5, 5.41) is 15.6. The highest BCUT2D eigenvalue weighted by Gasteiger charge is 2.21. The number of amides is 1. The fraction of sp³-hybridized carbons (Fsp3) is 0.692. The molecule has 1 aromatic rings. The monoisotopic (exact) mass is 316 g/mol. The molecule has 1 rings (SSSR count). The van der Waals surface area contributed by atoms with Gasteiger partial charge in [-0.2, -0.15) is 0 Å². The van der Waals surface area contributed by atoms with E-state index in [0.29, 0.717) is 29.6 Å². The highest BCUT2D eigenvalue weighted by molar-refractivity contribution is 7.18. The third-order valence-corrected chi connectivity index (χ3v) is 4.03. The summed E-state index contributed by atoms with van der Waals surface area (Å²) in [5.41, 5.74) is 5.79. The SMILES string of the molecule is COCCNc1nc(N)c(C(=O)NC(CCO)C(C)C)s1. The van der Waals surface area contributed by atoms with Crippen molar-refractivity contribution in [1.82, 2.24) is 10.3 Å². The molecule has 0 radical (unpaired) electrons. The molecule has 1 atom stereocenters. The summed E-state index contributed by atoms with van der Waals surface area (Å²) in [6.45, 7) is 5.17. The minimum atomic E-state index is -0.253. The number of nitrogens with two attached hydrogens (primary N) is 1. The van der Waals surface area contributed by atoms with Crippen LogP contribution in [0.5, 0.6) is 0 Å². The molecule has 1 heterocycles. The molecule has 21 heavy (non-hydrogen) atoms. The standard InChI is InChI=1S/C13H24N4O3S/c1-8(2)9(4-6-18)16-12(19)10-11(14)17-13(21-10)15-5-7-20-3/h8-9,18H,4-7,14H2,1-3H3,(H,15,17)(H,16,19). The molecule has 8 heteroatoms. The summed E-state index contributed by atoms with van der Waals surface area (Å²) in [5.74, 6) is 0.190. The summed E-state index contributed by atoms with van der Waals surface area (Å²) in [6, 6.07) is -0.0890. The lowest BCUT2D eigenvalue weighted by atomic mass is 10.0. The number of rotatable bonds is 9. The van der Waals surface area contributed by atoms with Crippen LogP contribution in [0.3, 0.4) is 0 Å². The van der Waals surface area contributed by atoms with Gasteiger partial charge in [-0.25, -0.2) is 4.98 Å². The van der Waals surface area contributed by atoms with Crippen LogP contribution >= 0.6 is 11.3 Å². The Balaban J connectivity index is 2.68. The Morgan fingerprint density at radius 3 is 2.81 bits per heavy atom. The molecule has 7 nitrogen and oxygen atoms in total. The van der Waals surface area contributed by atoms with Gasteiger partial charge >= 0.3 is 0 Å². The number of ether oxygens (including phenoxy) is 1. The Bertz CT molecular complexity index is 451. The molecule has 0 bridgehead atoms. The van der Waals surface area contributed by atoms with E-state index in [9.17, 15) is 4.79 Å². The fourth-order valence-electron chi connectivity index (χ4n) is 1.78. The first-order chi connectivity index (χ1) is 9.99. The van der Waals surface area contributed by atoms with E-state index in [1.165, 1.54) is 11.3 Å². The van der Waals surface area contributed by atoms with Crippen molar-refractivity contribution in [2.24, 2.45) is 5.92 Å². The van der Waals surface area contributed by atoms with Gasteiger partial charge in [-0.3, -0.25) is 4.79 Å². The molecule has 0 aromatic carbocycles. The Kier molecular flexibility index (Phi) is 7.41. The van der Waals surface area contributed by atoms with E-state index in [1.807, 2.05) is 13.8 Å². The molecule has 1 unspecified atom stereocenters. The van der Waals surface area contributed by atoms with E-state index in [4.69, 9.17) is 15.6 Å². The molecule has 0 aliphatic rings. The second-order valence-corrected chi connectivity index (χ2v) is 5.99. The Morgan fingerprint density at radius 1 is 1.52 bits per heavy atom. The zero-order valence-corrected chi connectivity index (χ0v) is 13.5. The van der Waals surface area contributed by atoms with Crippen LogP contribution in [0.4, 0.5) is 10.9 Å². The number of hydrogen-bond acceptors (Lipinski definition) is 7. The van der Waals surface area contributed by atoms with Gasteiger partial charge in [0.15, 0.2) is 5.13 Å². The van der Waals surface area contributed by atoms with E-state index in [2.05, 4.69) is 15.6 Å². The van der Waals surface area contributed by atoms with E-state index in [0.717, 1.165) is 0 Å². The van der Waals surface area contributed by atoms with Crippen molar-refractivity contribution in [3.63, 3.8) is 0 Å². The molecular weight excluding hydrogens is 292 g/mol. The molecule has 5 N–H and O–H groups in total. The maximum absolute atomic E-state index is 12.2. The van der Waals surface area contributed by atoms with Gasteiger partial charge in [0.2, 0.25) is 0 Å². The third-order valence-electron chi connectivity index (χ3n) is 3.00. The van der Waals surface area contributed by atoms with Crippen molar-refractivity contribution in [2.75, 3.05) is 37.9 Å². The third kappa shape index (κ3) is 5.49. The van der Waals surface area contributed by atoms with Gasteiger partial charge in [-0.05, 0) is 12.3 Å². The van der Waals surface area contributed by atoms with E-state index in [1.54, 1.807) is 7.11 Å². The van der Waals surface area contributed by atoms with Gasteiger partial charge in [0.05, 0.1) is 6.61 Å². The Morgan fingerprint density at radius 2 is 2.24 bits per heavy atom. The van der Waals surface area contributed by atoms with Crippen molar-refractivity contribution < 1.29 is 14.6 Å². The predicted molar refractivity (Wildman–Crippen MR) is 84.7 cm³/mol. The van der Waals surface area contributed by atoms with Crippen LogP contribution in [0, 0.1) is 5.92 Å². The molecule has 0 saturated heterocycles. The summed E-state index contributed by atoms with van der Waals surface area (Å²) in [7, 11) is 1.62.